The first kappa shape index (κ1) is 23.4. The van der Waals surface area contributed by atoms with Crippen LogP contribution in [0.3, 0.4) is 0 Å². The molecule has 0 N–H and O–H groups in total. The van der Waals surface area contributed by atoms with Gasteiger partial charge in [-0.05, 0) is 40.8 Å². The van der Waals surface area contributed by atoms with E-state index >= 15 is 0 Å². The van der Waals surface area contributed by atoms with E-state index in [1.807, 2.05) is 24.3 Å². The van der Waals surface area contributed by atoms with E-state index in [2.05, 4.69) is 59.1 Å². The van der Waals surface area contributed by atoms with Crippen LogP contribution in [0, 0.1) is 0 Å². The third-order valence-electron chi connectivity index (χ3n) is 5.68. The lowest BCUT2D eigenvalue weighted by Crippen LogP contribution is -2.48. The Morgan fingerprint density at radius 1 is 1.03 bits per heavy atom. The number of hydrogen-bond donors (Lipinski definition) is 0. The van der Waals surface area contributed by atoms with Crippen LogP contribution in [0.5, 0.6) is 0 Å². The van der Waals surface area contributed by atoms with Gasteiger partial charge in [-0.2, -0.15) is 4.31 Å². The van der Waals surface area contributed by atoms with Crippen LogP contribution < -0.4 is 4.90 Å². The standard InChI is InChI=1S/C24H28BrN3O2S2/c1-24(2,3)19-7-9-22(10-8-19)32(29,30)28-13-11-27(12-14-28)23-26-21(17-31-23)16-18-5-4-6-20(25)15-18/h4-10,15,17H,11-14,16H2,1-3H3. The van der Waals surface area contributed by atoms with Crippen LogP contribution >= 0.6 is 27.3 Å². The van der Waals surface area contributed by atoms with Gasteiger partial charge in [0.25, 0.3) is 0 Å². The molecule has 0 aliphatic carbocycles. The summed E-state index contributed by atoms with van der Waals surface area (Å²) in [6.07, 6.45) is 0.787. The van der Waals surface area contributed by atoms with Crippen LogP contribution in [0.2, 0.25) is 0 Å². The van der Waals surface area contributed by atoms with Crippen LogP contribution in [-0.2, 0) is 21.9 Å². The Morgan fingerprint density at radius 3 is 2.34 bits per heavy atom. The van der Waals surface area contributed by atoms with Gasteiger partial charge in [0.05, 0.1) is 10.6 Å². The summed E-state index contributed by atoms with van der Waals surface area (Å²) in [6, 6.07) is 15.6. The second kappa shape index (κ2) is 9.25. The van der Waals surface area contributed by atoms with E-state index < -0.39 is 10.0 Å². The van der Waals surface area contributed by atoms with Gasteiger partial charge in [0.1, 0.15) is 0 Å². The van der Waals surface area contributed by atoms with Crippen molar-refractivity contribution >= 4 is 42.4 Å². The SMILES string of the molecule is CC(C)(C)c1ccc(S(=O)(=O)N2CCN(c3nc(Cc4cccc(Br)c4)cs3)CC2)cc1. The summed E-state index contributed by atoms with van der Waals surface area (Å²) >= 11 is 5.14. The molecule has 0 amide bonds. The maximum absolute atomic E-state index is 13.1. The van der Waals surface area contributed by atoms with Crippen LogP contribution in [-0.4, -0.2) is 43.9 Å². The van der Waals surface area contributed by atoms with Crippen molar-refractivity contribution in [2.75, 3.05) is 31.1 Å². The van der Waals surface area contributed by atoms with Gasteiger partial charge >= 0.3 is 0 Å². The Bertz CT molecular complexity index is 1180. The Hall–Kier alpha value is -1.74. The fourth-order valence-electron chi connectivity index (χ4n) is 3.77. The minimum Gasteiger partial charge on any atom is -0.345 e. The molecule has 1 fully saturated rings. The molecule has 0 spiro atoms. The van der Waals surface area contributed by atoms with E-state index in [-0.39, 0.29) is 5.41 Å². The van der Waals surface area contributed by atoms with Gasteiger partial charge in [0, 0.05) is 42.5 Å². The van der Waals surface area contributed by atoms with Gasteiger partial charge in [-0.25, -0.2) is 13.4 Å². The van der Waals surface area contributed by atoms with Gasteiger partial charge in [-0.15, -0.1) is 11.3 Å². The minimum absolute atomic E-state index is 0.00249. The molecule has 5 nitrogen and oxygen atoms in total. The summed E-state index contributed by atoms with van der Waals surface area (Å²) in [7, 11) is -3.48. The summed E-state index contributed by atoms with van der Waals surface area (Å²) in [6.45, 7) is 8.58. The molecule has 2 heterocycles. The number of nitrogens with zero attached hydrogens (tertiary/aromatic N) is 3. The summed E-state index contributed by atoms with van der Waals surface area (Å²) < 4.78 is 28.9. The second-order valence-corrected chi connectivity index (χ2v) is 12.8. The molecule has 170 valence electrons. The molecule has 4 rings (SSSR count). The normalized spacial score (nSPS) is 15.8. The zero-order valence-electron chi connectivity index (χ0n) is 18.6. The average molecular weight is 535 g/mol. The molecule has 0 bridgehead atoms. The summed E-state index contributed by atoms with van der Waals surface area (Å²) in [5.41, 5.74) is 3.38. The van der Waals surface area contributed by atoms with Crippen molar-refractivity contribution in [2.24, 2.45) is 0 Å². The van der Waals surface area contributed by atoms with Gasteiger partial charge in [0.15, 0.2) is 5.13 Å². The topological polar surface area (TPSA) is 53.5 Å². The molecule has 3 aromatic rings. The maximum atomic E-state index is 13.1. The first-order valence-corrected chi connectivity index (χ1v) is 13.8. The van der Waals surface area contributed by atoms with Crippen molar-refractivity contribution < 1.29 is 8.42 Å². The van der Waals surface area contributed by atoms with Crippen molar-refractivity contribution in [3.05, 3.63) is 75.2 Å². The van der Waals surface area contributed by atoms with Crippen molar-refractivity contribution in [3.63, 3.8) is 0 Å². The largest absolute Gasteiger partial charge is 0.345 e. The van der Waals surface area contributed by atoms with Crippen LogP contribution in [0.4, 0.5) is 5.13 Å². The second-order valence-electron chi connectivity index (χ2n) is 9.09. The predicted molar refractivity (Wildman–Crippen MR) is 135 cm³/mol. The monoisotopic (exact) mass is 533 g/mol. The maximum Gasteiger partial charge on any atom is 0.243 e. The number of halogens is 1. The van der Waals surface area contributed by atoms with E-state index in [4.69, 9.17) is 4.98 Å². The first-order valence-electron chi connectivity index (χ1n) is 10.7. The van der Waals surface area contributed by atoms with Crippen molar-refractivity contribution in [1.82, 2.24) is 9.29 Å². The van der Waals surface area contributed by atoms with Gasteiger partial charge in [-0.1, -0.05) is 61.0 Å². The smallest absolute Gasteiger partial charge is 0.243 e. The lowest BCUT2D eigenvalue weighted by Gasteiger charge is -2.33. The Balaban J connectivity index is 1.39. The van der Waals surface area contributed by atoms with E-state index in [0.29, 0.717) is 31.1 Å². The molecule has 0 unspecified atom stereocenters. The van der Waals surface area contributed by atoms with Crippen molar-refractivity contribution in [2.45, 2.75) is 37.5 Å². The highest BCUT2D eigenvalue weighted by Gasteiger charge is 2.29. The van der Waals surface area contributed by atoms with E-state index in [0.717, 1.165) is 27.3 Å². The highest BCUT2D eigenvalue weighted by Crippen LogP contribution is 2.27. The number of rotatable bonds is 5. The van der Waals surface area contributed by atoms with E-state index in [1.54, 1.807) is 27.8 Å². The zero-order chi connectivity index (χ0) is 22.9. The first-order chi connectivity index (χ1) is 15.1. The molecule has 8 heteroatoms. The number of hydrogen-bond acceptors (Lipinski definition) is 5. The van der Waals surface area contributed by atoms with Crippen molar-refractivity contribution in [1.29, 1.82) is 0 Å². The molecule has 1 aliphatic heterocycles. The third kappa shape index (κ3) is 5.25. The summed E-state index contributed by atoms with van der Waals surface area (Å²) in [5.74, 6) is 0. The van der Waals surface area contributed by atoms with Crippen LogP contribution in [0.15, 0.2) is 63.3 Å². The number of thiazole rings is 1. The Kier molecular flexibility index (Phi) is 6.77. The van der Waals surface area contributed by atoms with E-state index in [1.165, 1.54) is 5.56 Å². The lowest BCUT2D eigenvalue weighted by molar-refractivity contribution is 0.384. The van der Waals surface area contributed by atoms with Crippen molar-refractivity contribution in [3.8, 4) is 0 Å². The van der Waals surface area contributed by atoms with Gasteiger partial charge in [0.2, 0.25) is 10.0 Å². The number of piperazine rings is 1. The highest BCUT2D eigenvalue weighted by atomic mass is 79.9. The fraction of sp³-hybridized carbons (Fsp3) is 0.375. The molecule has 0 radical (unpaired) electrons. The quantitative estimate of drug-likeness (QED) is 0.446. The zero-order valence-corrected chi connectivity index (χ0v) is 21.8. The number of aromatic nitrogens is 1. The molecular weight excluding hydrogens is 506 g/mol. The van der Waals surface area contributed by atoms with Gasteiger partial charge in [-0.3, -0.25) is 0 Å². The molecule has 2 aromatic carbocycles. The van der Waals surface area contributed by atoms with E-state index in [9.17, 15) is 8.42 Å². The van der Waals surface area contributed by atoms with Gasteiger partial charge < -0.3 is 4.90 Å². The minimum atomic E-state index is -3.48. The third-order valence-corrected chi connectivity index (χ3v) is 9.04. The summed E-state index contributed by atoms with van der Waals surface area (Å²) in [4.78, 5) is 7.35. The number of anilines is 1. The number of benzene rings is 2. The molecule has 0 saturated carbocycles. The lowest BCUT2D eigenvalue weighted by atomic mass is 9.87. The van der Waals surface area contributed by atoms with Crippen LogP contribution in [0.1, 0.15) is 37.6 Å². The molecule has 32 heavy (non-hydrogen) atoms. The predicted octanol–water partition coefficient (Wildman–Crippen LogP) is 5.30. The fourth-order valence-corrected chi connectivity index (χ4v) is 6.52. The van der Waals surface area contributed by atoms with Crippen LogP contribution in [0.25, 0.3) is 0 Å². The molecule has 1 saturated heterocycles. The molecule has 1 aliphatic rings. The molecular formula is C24H28BrN3O2S2. The molecule has 1 aromatic heterocycles. The summed E-state index contributed by atoms with van der Waals surface area (Å²) in [5, 5.41) is 3.05. The average Bonchev–Trinajstić information content (AvgIpc) is 3.22. The highest BCUT2D eigenvalue weighted by molar-refractivity contribution is 9.10. The Morgan fingerprint density at radius 2 is 1.72 bits per heavy atom. The number of sulfonamides is 1. The Labute approximate surface area is 203 Å². The molecule has 0 atom stereocenters.